The molecule has 1 unspecified atom stereocenters. The zero-order chi connectivity index (χ0) is 11.3. The molecule has 0 aliphatic carbocycles. The van der Waals surface area contributed by atoms with Crippen molar-refractivity contribution in [3.8, 4) is 0 Å². The normalized spacial score (nSPS) is 26.9. The third kappa shape index (κ3) is 2.92. The molecule has 1 amide bonds. The summed E-state index contributed by atoms with van der Waals surface area (Å²) < 4.78 is 5.18. The van der Waals surface area contributed by atoms with Crippen LogP contribution < -0.4 is 5.32 Å². The van der Waals surface area contributed by atoms with Crippen molar-refractivity contribution in [1.29, 1.82) is 0 Å². The van der Waals surface area contributed by atoms with Gasteiger partial charge >= 0.3 is 5.97 Å². The highest BCUT2D eigenvalue weighted by atomic mass is 16.5. The van der Waals surface area contributed by atoms with Crippen LogP contribution in [0.15, 0.2) is 0 Å². The summed E-state index contributed by atoms with van der Waals surface area (Å²) in [5.41, 5.74) is -1.22. The zero-order valence-electron chi connectivity index (χ0n) is 8.91. The Hall–Kier alpha value is -1.10. The largest absolute Gasteiger partial charge is 0.479 e. The summed E-state index contributed by atoms with van der Waals surface area (Å²) in [5, 5.41) is 11.7. The van der Waals surface area contributed by atoms with Gasteiger partial charge in [0.05, 0.1) is 13.2 Å². The van der Waals surface area contributed by atoms with Gasteiger partial charge in [-0.05, 0) is 6.42 Å². The van der Waals surface area contributed by atoms with Gasteiger partial charge in [-0.2, -0.15) is 0 Å². The van der Waals surface area contributed by atoms with Crippen molar-refractivity contribution in [3.63, 3.8) is 0 Å². The van der Waals surface area contributed by atoms with E-state index in [0.717, 1.165) is 12.8 Å². The highest BCUT2D eigenvalue weighted by molar-refractivity contribution is 5.87. The fraction of sp³-hybridized carbons (Fsp3) is 0.800. The highest BCUT2D eigenvalue weighted by Gasteiger charge is 2.41. The van der Waals surface area contributed by atoms with Crippen LogP contribution in [0.2, 0.25) is 0 Å². The smallest absolute Gasteiger partial charge is 0.331 e. The molecule has 15 heavy (non-hydrogen) atoms. The maximum absolute atomic E-state index is 11.3. The maximum atomic E-state index is 11.3. The van der Waals surface area contributed by atoms with Crippen LogP contribution in [-0.4, -0.2) is 35.7 Å². The quantitative estimate of drug-likeness (QED) is 0.717. The van der Waals surface area contributed by atoms with Crippen LogP contribution in [0.4, 0.5) is 0 Å². The summed E-state index contributed by atoms with van der Waals surface area (Å²) in [4.78, 5) is 22.5. The van der Waals surface area contributed by atoms with Gasteiger partial charge in [-0.25, -0.2) is 4.79 Å². The third-order valence-electron chi connectivity index (χ3n) is 2.57. The summed E-state index contributed by atoms with van der Waals surface area (Å²) in [7, 11) is 0. The second-order valence-corrected chi connectivity index (χ2v) is 3.84. The van der Waals surface area contributed by atoms with E-state index in [-0.39, 0.29) is 18.9 Å². The maximum Gasteiger partial charge on any atom is 0.331 e. The average molecular weight is 215 g/mol. The Morgan fingerprint density at radius 2 is 2.40 bits per heavy atom. The minimum atomic E-state index is -1.22. The predicted octanol–water partition coefficient (Wildman–Crippen LogP) is 0.536. The van der Waals surface area contributed by atoms with Crippen molar-refractivity contribution in [2.75, 3.05) is 13.2 Å². The average Bonchev–Trinajstić information content (AvgIpc) is 2.38. The first-order chi connectivity index (χ1) is 7.10. The lowest BCUT2D eigenvalue weighted by molar-refractivity contribution is -0.149. The van der Waals surface area contributed by atoms with Gasteiger partial charge in [0.25, 0.3) is 0 Å². The third-order valence-corrected chi connectivity index (χ3v) is 2.57. The van der Waals surface area contributed by atoms with Gasteiger partial charge in [0.15, 0.2) is 5.54 Å². The standard InChI is InChI=1S/C10H17NO4/c1-2-3-5-10(9(13)14)7-15-6-4-8(12)11-10/h2-7H2,1H3,(H,11,12)(H,13,14). The van der Waals surface area contributed by atoms with Crippen LogP contribution in [0, 0.1) is 0 Å². The SMILES string of the molecule is CCCCC1(C(=O)O)COCCC(=O)N1. The summed E-state index contributed by atoms with van der Waals surface area (Å²) >= 11 is 0. The fourth-order valence-corrected chi connectivity index (χ4v) is 1.61. The summed E-state index contributed by atoms with van der Waals surface area (Å²) in [6, 6.07) is 0. The number of carboxylic acids is 1. The Labute approximate surface area is 88.8 Å². The Bertz CT molecular complexity index is 254. The van der Waals surface area contributed by atoms with E-state index in [1.807, 2.05) is 6.92 Å². The van der Waals surface area contributed by atoms with Gasteiger partial charge in [0, 0.05) is 6.42 Å². The van der Waals surface area contributed by atoms with Crippen molar-refractivity contribution in [1.82, 2.24) is 5.32 Å². The van der Waals surface area contributed by atoms with Gasteiger partial charge < -0.3 is 15.2 Å². The summed E-state index contributed by atoms with van der Waals surface area (Å²) in [5.74, 6) is -1.25. The first-order valence-electron chi connectivity index (χ1n) is 5.23. The lowest BCUT2D eigenvalue weighted by atomic mass is 9.93. The molecule has 0 saturated carbocycles. The number of unbranched alkanes of at least 4 members (excludes halogenated alkanes) is 1. The summed E-state index contributed by atoms with van der Waals surface area (Å²) in [6.45, 7) is 2.34. The van der Waals surface area contributed by atoms with Crippen LogP contribution in [-0.2, 0) is 14.3 Å². The van der Waals surface area contributed by atoms with Crippen molar-refractivity contribution < 1.29 is 19.4 Å². The Balaban J connectivity index is 2.76. The second kappa shape index (κ2) is 5.11. The first kappa shape index (κ1) is 12.0. The van der Waals surface area contributed by atoms with Gasteiger partial charge in [0.2, 0.25) is 5.91 Å². The topological polar surface area (TPSA) is 75.6 Å². The number of ether oxygens (including phenoxy) is 1. The van der Waals surface area contributed by atoms with Crippen LogP contribution in [0.1, 0.15) is 32.6 Å². The molecule has 1 aliphatic heterocycles. The fourth-order valence-electron chi connectivity index (χ4n) is 1.61. The van der Waals surface area contributed by atoms with Crippen LogP contribution >= 0.6 is 0 Å². The van der Waals surface area contributed by atoms with Crippen molar-refractivity contribution in [2.24, 2.45) is 0 Å². The molecule has 1 saturated heterocycles. The molecular weight excluding hydrogens is 198 g/mol. The number of hydrogen-bond donors (Lipinski definition) is 2. The number of nitrogens with one attached hydrogen (secondary N) is 1. The monoisotopic (exact) mass is 215 g/mol. The molecule has 1 rings (SSSR count). The van der Waals surface area contributed by atoms with Crippen LogP contribution in [0.25, 0.3) is 0 Å². The molecule has 86 valence electrons. The molecule has 0 aromatic carbocycles. The molecule has 1 fully saturated rings. The van der Waals surface area contributed by atoms with E-state index in [2.05, 4.69) is 5.32 Å². The molecule has 1 atom stereocenters. The van der Waals surface area contributed by atoms with E-state index < -0.39 is 11.5 Å². The van der Waals surface area contributed by atoms with E-state index in [1.165, 1.54) is 0 Å². The molecule has 1 heterocycles. The lowest BCUT2D eigenvalue weighted by Gasteiger charge is -2.27. The molecule has 0 aromatic rings. The number of carbonyl (C=O) groups is 2. The Morgan fingerprint density at radius 3 is 3.00 bits per heavy atom. The van der Waals surface area contributed by atoms with Gasteiger partial charge in [-0.15, -0.1) is 0 Å². The van der Waals surface area contributed by atoms with E-state index in [4.69, 9.17) is 9.84 Å². The Kier molecular flexibility index (Phi) is 4.08. The molecule has 5 nitrogen and oxygen atoms in total. The zero-order valence-corrected chi connectivity index (χ0v) is 8.91. The molecule has 0 spiro atoms. The first-order valence-corrected chi connectivity index (χ1v) is 5.23. The number of carboxylic acid groups (broad SMARTS) is 1. The van der Waals surface area contributed by atoms with E-state index in [9.17, 15) is 9.59 Å². The van der Waals surface area contributed by atoms with Gasteiger partial charge in [0.1, 0.15) is 0 Å². The van der Waals surface area contributed by atoms with Gasteiger partial charge in [-0.3, -0.25) is 4.79 Å². The van der Waals surface area contributed by atoms with Crippen molar-refractivity contribution >= 4 is 11.9 Å². The lowest BCUT2D eigenvalue weighted by Crippen LogP contribution is -2.56. The predicted molar refractivity (Wildman–Crippen MR) is 53.5 cm³/mol. The van der Waals surface area contributed by atoms with Crippen LogP contribution in [0.5, 0.6) is 0 Å². The molecular formula is C10H17NO4. The molecule has 1 aliphatic rings. The molecule has 0 bridgehead atoms. The van der Waals surface area contributed by atoms with E-state index >= 15 is 0 Å². The summed E-state index contributed by atoms with van der Waals surface area (Å²) in [6.07, 6.45) is 2.31. The van der Waals surface area contributed by atoms with E-state index in [0.29, 0.717) is 13.0 Å². The van der Waals surface area contributed by atoms with Crippen LogP contribution in [0.3, 0.4) is 0 Å². The Morgan fingerprint density at radius 1 is 1.67 bits per heavy atom. The number of hydrogen-bond acceptors (Lipinski definition) is 3. The minimum absolute atomic E-state index is 0.0636. The molecule has 5 heteroatoms. The highest BCUT2D eigenvalue weighted by Crippen LogP contribution is 2.18. The van der Waals surface area contributed by atoms with Gasteiger partial charge in [-0.1, -0.05) is 19.8 Å². The number of amides is 1. The number of carbonyl (C=O) groups excluding carboxylic acids is 1. The van der Waals surface area contributed by atoms with Crippen molar-refractivity contribution in [2.45, 2.75) is 38.1 Å². The number of rotatable bonds is 4. The molecule has 2 N–H and O–H groups in total. The van der Waals surface area contributed by atoms with E-state index in [1.54, 1.807) is 0 Å². The molecule has 0 radical (unpaired) electrons. The second-order valence-electron chi connectivity index (χ2n) is 3.84. The molecule has 0 aromatic heterocycles. The minimum Gasteiger partial charge on any atom is -0.479 e. The number of aliphatic carboxylic acids is 1. The van der Waals surface area contributed by atoms with Crippen molar-refractivity contribution in [3.05, 3.63) is 0 Å².